The highest BCUT2D eigenvalue weighted by Crippen LogP contribution is 2.31. The summed E-state index contributed by atoms with van der Waals surface area (Å²) in [5.74, 6) is 1.66. The predicted molar refractivity (Wildman–Crippen MR) is 128 cm³/mol. The Bertz CT molecular complexity index is 684. The van der Waals surface area contributed by atoms with Crippen LogP contribution in [-0.4, -0.2) is 61.6 Å². The van der Waals surface area contributed by atoms with Gasteiger partial charge in [-0.1, -0.05) is 40.0 Å². The SMILES string of the molecule is CCCC[C@H](C)C[C@@H]1CCN(c2ccc(NC(=O)N3CCN(CC)CC3)c(C)c2)C1. The third kappa shape index (κ3) is 6.13. The molecule has 168 valence electrons. The van der Waals surface area contributed by atoms with Crippen molar-refractivity contribution in [3.63, 3.8) is 0 Å². The number of carbonyl (C=O) groups excluding carboxylic acids is 1. The molecular weight excluding hydrogens is 372 g/mol. The smallest absolute Gasteiger partial charge is 0.321 e. The Labute approximate surface area is 183 Å². The van der Waals surface area contributed by atoms with Crippen molar-refractivity contribution in [3.8, 4) is 0 Å². The number of urea groups is 1. The number of hydrogen-bond donors (Lipinski definition) is 1. The van der Waals surface area contributed by atoms with Crippen LogP contribution in [0, 0.1) is 18.8 Å². The maximum absolute atomic E-state index is 12.7. The van der Waals surface area contributed by atoms with Gasteiger partial charge in [0.2, 0.25) is 0 Å². The largest absolute Gasteiger partial charge is 0.371 e. The molecule has 1 aromatic rings. The Balaban J connectivity index is 1.51. The summed E-state index contributed by atoms with van der Waals surface area (Å²) in [6.07, 6.45) is 6.69. The Morgan fingerprint density at radius 1 is 1.17 bits per heavy atom. The number of rotatable bonds is 8. The molecule has 5 heteroatoms. The van der Waals surface area contributed by atoms with Crippen LogP contribution in [0.2, 0.25) is 0 Å². The topological polar surface area (TPSA) is 38.8 Å². The molecule has 5 nitrogen and oxygen atoms in total. The maximum Gasteiger partial charge on any atom is 0.321 e. The number of nitrogens with one attached hydrogen (secondary N) is 1. The molecule has 0 bridgehead atoms. The summed E-state index contributed by atoms with van der Waals surface area (Å²) in [4.78, 5) is 19.5. The van der Waals surface area contributed by atoms with Crippen molar-refractivity contribution in [2.24, 2.45) is 11.8 Å². The molecule has 2 amide bonds. The first-order valence-electron chi connectivity index (χ1n) is 12.1. The number of amides is 2. The van der Waals surface area contributed by atoms with Gasteiger partial charge >= 0.3 is 6.03 Å². The fraction of sp³-hybridized carbons (Fsp3) is 0.720. The third-order valence-electron chi connectivity index (χ3n) is 7.00. The highest BCUT2D eigenvalue weighted by Gasteiger charge is 2.25. The zero-order valence-corrected chi connectivity index (χ0v) is 19.6. The molecule has 1 N–H and O–H groups in total. The van der Waals surface area contributed by atoms with Crippen LogP contribution in [0.15, 0.2) is 18.2 Å². The van der Waals surface area contributed by atoms with E-state index in [1.54, 1.807) is 0 Å². The molecule has 2 saturated heterocycles. The Morgan fingerprint density at radius 2 is 1.93 bits per heavy atom. The number of aryl methyl sites for hydroxylation is 1. The van der Waals surface area contributed by atoms with Gasteiger partial charge in [0.25, 0.3) is 0 Å². The van der Waals surface area contributed by atoms with Gasteiger partial charge in [-0.2, -0.15) is 0 Å². The first kappa shape index (κ1) is 22.9. The number of unbranched alkanes of at least 4 members (excludes halogenated alkanes) is 1. The van der Waals surface area contributed by atoms with E-state index in [0.29, 0.717) is 0 Å². The van der Waals surface area contributed by atoms with E-state index in [9.17, 15) is 4.79 Å². The van der Waals surface area contributed by atoms with E-state index in [1.807, 2.05) is 4.90 Å². The highest BCUT2D eigenvalue weighted by molar-refractivity contribution is 5.90. The average molecular weight is 415 g/mol. The monoisotopic (exact) mass is 414 g/mol. The van der Waals surface area contributed by atoms with Crippen molar-refractivity contribution in [2.75, 3.05) is 56.0 Å². The molecule has 30 heavy (non-hydrogen) atoms. The lowest BCUT2D eigenvalue weighted by atomic mass is 9.91. The zero-order chi connectivity index (χ0) is 21.5. The molecular formula is C25H42N4O. The molecule has 0 saturated carbocycles. The molecule has 0 aromatic heterocycles. The lowest BCUT2D eigenvalue weighted by Crippen LogP contribution is -2.49. The van der Waals surface area contributed by atoms with Crippen LogP contribution in [0.1, 0.15) is 58.4 Å². The Hall–Kier alpha value is -1.75. The minimum absolute atomic E-state index is 0.0314. The zero-order valence-electron chi connectivity index (χ0n) is 19.6. The lowest BCUT2D eigenvalue weighted by Gasteiger charge is -2.34. The van der Waals surface area contributed by atoms with E-state index in [-0.39, 0.29) is 6.03 Å². The molecule has 2 atom stereocenters. The van der Waals surface area contributed by atoms with Crippen LogP contribution in [0.3, 0.4) is 0 Å². The number of carbonyl (C=O) groups is 1. The van der Waals surface area contributed by atoms with Crippen LogP contribution in [0.5, 0.6) is 0 Å². The minimum Gasteiger partial charge on any atom is -0.371 e. The summed E-state index contributed by atoms with van der Waals surface area (Å²) < 4.78 is 0. The van der Waals surface area contributed by atoms with E-state index >= 15 is 0 Å². The highest BCUT2D eigenvalue weighted by atomic mass is 16.2. The van der Waals surface area contributed by atoms with Crippen molar-refractivity contribution in [1.82, 2.24) is 9.80 Å². The average Bonchev–Trinajstić information content (AvgIpc) is 3.22. The van der Waals surface area contributed by atoms with E-state index in [4.69, 9.17) is 0 Å². The van der Waals surface area contributed by atoms with Gasteiger partial charge in [0, 0.05) is 50.6 Å². The molecule has 2 aliphatic rings. The second-order valence-electron chi connectivity index (χ2n) is 9.43. The number of anilines is 2. The summed E-state index contributed by atoms with van der Waals surface area (Å²) >= 11 is 0. The van der Waals surface area contributed by atoms with Gasteiger partial charge in [-0.15, -0.1) is 0 Å². The quantitative estimate of drug-likeness (QED) is 0.635. The normalized spacial score (nSPS) is 21.1. The summed E-state index contributed by atoms with van der Waals surface area (Å²) in [6.45, 7) is 15.9. The van der Waals surface area contributed by atoms with Crippen molar-refractivity contribution in [2.45, 2.75) is 59.8 Å². The molecule has 2 aliphatic heterocycles. The van der Waals surface area contributed by atoms with Gasteiger partial charge in [0.1, 0.15) is 0 Å². The van der Waals surface area contributed by atoms with Gasteiger partial charge < -0.3 is 20.0 Å². The molecule has 2 heterocycles. The van der Waals surface area contributed by atoms with E-state index in [1.165, 1.54) is 44.3 Å². The summed E-state index contributed by atoms with van der Waals surface area (Å²) in [7, 11) is 0. The first-order valence-corrected chi connectivity index (χ1v) is 12.1. The number of benzene rings is 1. The molecule has 2 fully saturated rings. The number of likely N-dealkylation sites (N-methyl/N-ethyl adjacent to an activating group) is 1. The van der Waals surface area contributed by atoms with Gasteiger partial charge in [0.15, 0.2) is 0 Å². The van der Waals surface area contributed by atoms with Crippen molar-refractivity contribution >= 4 is 17.4 Å². The third-order valence-corrected chi connectivity index (χ3v) is 7.00. The molecule has 0 unspecified atom stereocenters. The fourth-order valence-corrected chi connectivity index (χ4v) is 4.95. The van der Waals surface area contributed by atoms with Gasteiger partial charge in [-0.3, -0.25) is 0 Å². The van der Waals surface area contributed by atoms with Crippen LogP contribution in [-0.2, 0) is 0 Å². The van der Waals surface area contributed by atoms with Crippen molar-refractivity contribution < 1.29 is 4.79 Å². The van der Waals surface area contributed by atoms with Crippen LogP contribution < -0.4 is 10.2 Å². The summed E-state index contributed by atoms with van der Waals surface area (Å²) in [5, 5.41) is 3.13. The van der Waals surface area contributed by atoms with Gasteiger partial charge in [-0.05, 0) is 61.9 Å². The van der Waals surface area contributed by atoms with E-state index in [0.717, 1.165) is 62.4 Å². The molecule has 1 aromatic carbocycles. The molecule has 0 spiro atoms. The van der Waals surface area contributed by atoms with Gasteiger partial charge in [0.05, 0.1) is 0 Å². The number of hydrogen-bond acceptors (Lipinski definition) is 3. The van der Waals surface area contributed by atoms with E-state index in [2.05, 4.69) is 61.0 Å². The second kappa shape index (κ2) is 11.0. The standard InChI is InChI=1S/C25H42N4O/c1-5-7-8-20(3)17-22-11-12-29(19-22)23-9-10-24(21(4)18-23)26-25(30)28-15-13-27(6-2)14-16-28/h9-10,18,20,22H,5-8,11-17,19H2,1-4H3,(H,26,30)/t20-,22-/m0/s1. The van der Waals surface area contributed by atoms with Crippen LogP contribution in [0.4, 0.5) is 16.2 Å². The van der Waals surface area contributed by atoms with Crippen LogP contribution >= 0.6 is 0 Å². The fourth-order valence-electron chi connectivity index (χ4n) is 4.95. The van der Waals surface area contributed by atoms with Gasteiger partial charge in [-0.25, -0.2) is 4.79 Å². The van der Waals surface area contributed by atoms with Crippen molar-refractivity contribution in [3.05, 3.63) is 23.8 Å². The van der Waals surface area contributed by atoms with E-state index < -0.39 is 0 Å². The number of piperazine rings is 1. The number of nitrogens with zero attached hydrogens (tertiary/aromatic N) is 3. The Kier molecular flexibility index (Phi) is 8.43. The second-order valence-corrected chi connectivity index (χ2v) is 9.43. The maximum atomic E-state index is 12.7. The summed E-state index contributed by atoms with van der Waals surface area (Å²) in [5.41, 5.74) is 3.38. The minimum atomic E-state index is 0.0314. The summed E-state index contributed by atoms with van der Waals surface area (Å²) in [6, 6.07) is 6.54. The first-order chi connectivity index (χ1) is 14.5. The molecule has 3 rings (SSSR count). The van der Waals surface area contributed by atoms with Crippen molar-refractivity contribution in [1.29, 1.82) is 0 Å². The van der Waals surface area contributed by atoms with Crippen LogP contribution in [0.25, 0.3) is 0 Å². The lowest BCUT2D eigenvalue weighted by molar-refractivity contribution is 0.151. The molecule has 0 radical (unpaired) electrons. The Morgan fingerprint density at radius 3 is 2.60 bits per heavy atom. The molecule has 0 aliphatic carbocycles. The predicted octanol–water partition coefficient (Wildman–Crippen LogP) is 5.21.